The second kappa shape index (κ2) is 12.1. The SMILES string of the molecule is CC(CCCCOC(=O)CCc1ccc(C(F)(F)F)nc1)C(=O)NCc1ccccc1O. The van der Waals surface area contributed by atoms with E-state index in [9.17, 15) is 27.9 Å². The van der Waals surface area contributed by atoms with Crippen LogP contribution in [0, 0.1) is 5.92 Å². The lowest BCUT2D eigenvalue weighted by Gasteiger charge is -2.13. The molecule has 32 heavy (non-hydrogen) atoms. The minimum absolute atomic E-state index is 0.0538. The summed E-state index contributed by atoms with van der Waals surface area (Å²) in [5.41, 5.74) is 0.204. The number of phenolic OH excluding ortho intramolecular Hbond substituents is 1. The zero-order valence-electron chi connectivity index (χ0n) is 17.8. The highest BCUT2D eigenvalue weighted by atomic mass is 19.4. The van der Waals surface area contributed by atoms with Crippen molar-refractivity contribution < 1.29 is 32.6 Å². The van der Waals surface area contributed by atoms with E-state index in [-0.39, 0.29) is 43.6 Å². The van der Waals surface area contributed by atoms with Crippen LogP contribution in [0.1, 0.15) is 49.4 Å². The molecule has 0 spiro atoms. The van der Waals surface area contributed by atoms with E-state index in [4.69, 9.17) is 4.74 Å². The first kappa shape index (κ1) is 25.2. The number of pyridine rings is 1. The summed E-state index contributed by atoms with van der Waals surface area (Å²) in [6.07, 6.45) is -1.15. The van der Waals surface area contributed by atoms with Crippen molar-refractivity contribution in [3.63, 3.8) is 0 Å². The fourth-order valence-electron chi connectivity index (χ4n) is 2.95. The van der Waals surface area contributed by atoms with Crippen molar-refractivity contribution in [1.29, 1.82) is 0 Å². The van der Waals surface area contributed by atoms with Crippen molar-refractivity contribution in [3.8, 4) is 5.75 Å². The fourth-order valence-corrected chi connectivity index (χ4v) is 2.95. The van der Waals surface area contributed by atoms with Gasteiger partial charge in [0.25, 0.3) is 0 Å². The van der Waals surface area contributed by atoms with E-state index < -0.39 is 17.8 Å². The molecule has 0 aliphatic heterocycles. The topological polar surface area (TPSA) is 88.5 Å². The van der Waals surface area contributed by atoms with Gasteiger partial charge in [-0.1, -0.05) is 31.2 Å². The minimum atomic E-state index is -4.49. The summed E-state index contributed by atoms with van der Waals surface area (Å²) in [5, 5.41) is 12.5. The van der Waals surface area contributed by atoms with Crippen LogP contribution >= 0.6 is 0 Å². The Hall–Kier alpha value is -3.10. The fraction of sp³-hybridized carbons (Fsp3) is 0.435. The standard InChI is InChI=1S/C23H27F3N2O4/c1-16(22(31)28-15-18-7-2-3-8-19(18)29)6-4-5-13-32-21(30)12-10-17-9-11-20(27-14-17)23(24,25)26/h2-3,7-9,11,14,16,29H,4-6,10,12-13,15H2,1H3,(H,28,31). The maximum Gasteiger partial charge on any atom is 0.433 e. The highest BCUT2D eigenvalue weighted by molar-refractivity contribution is 5.78. The number of phenols is 1. The van der Waals surface area contributed by atoms with Crippen LogP contribution in [0.5, 0.6) is 5.75 Å². The molecule has 1 aromatic carbocycles. The third-order valence-electron chi connectivity index (χ3n) is 4.92. The molecule has 0 fully saturated rings. The number of amides is 1. The molecule has 1 heterocycles. The van der Waals surface area contributed by atoms with E-state index in [0.717, 1.165) is 12.3 Å². The number of benzene rings is 1. The van der Waals surface area contributed by atoms with Gasteiger partial charge in [0, 0.05) is 30.6 Å². The van der Waals surface area contributed by atoms with E-state index in [2.05, 4.69) is 10.3 Å². The number of hydrogen-bond acceptors (Lipinski definition) is 5. The van der Waals surface area contributed by atoms with E-state index in [0.29, 0.717) is 30.4 Å². The van der Waals surface area contributed by atoms with Crippen molar-refractivity contribution in [1.82, 2.24) is 10.3 Å². The third-order valence-corrected chi connectivity index (χ3v) is 4.92. The highest BCUT2D eigenvalue weighted by Crippen LogP contribution is 2.27. The largest absolute Gasteiger partial charge is 0.508 e. The molecule has 1 aromatic heterocycles. The molecular formula is C23H27F3N2O4. The van der Waals surface area contributed by atoms with Crippen LogP contribution in [0.3, 0.4) is 0 Å². The molecule has 1 unspecified atom stereocenters. The Balaban J connectivity index is 1.57. The lowest BCUT2D eigenvalue weighted by Crippen LogP contribution is -2.28. The number of rotatable bonds is 11. The minimum Gasteiger partial charge on any atom is -0.508 e. The van der Waals surface area contributed by atoms with Crippen molar-refractivity contribution >= 4 is 11.9 Å². The average molecular weight is 452 g/mol. The Labute approximate surface area is 184 Å². The van der Waals surface area contributed by atoms with Gasteiger partial charge >= 0.3 is 12.1 Å². The Bertz CT molecular complexity index is 886. The summed E-state index contributed by atoms with van der Waals surface area (Å²) in [5.74, 6) is -0.630. The summed E-state index contributed by atoms with van der Waals surface area (Å²) in [4.78, 5) is 27.3. The molecular weight excluding hydrogens is 425 g/mol. The number of nitrogens with zero attached hydrogens (tertiary/aromatic N) is 1. The van der Waals surface area contributed by atoms with E-state index in [1.165, 1.54) is 6.07 Å². The molecule has 0 radical (unpaired) electrons. The van der Waals surface area contributed by atoms with Gasteiger partial charge in [0.1, 0.15) is 11.4 Å². The van der Waals surface area contributed by atoms with Crippen LogP contribution in [0.15, 0.2) is 42.6 Å². The number of para-hydroxylation sites is 1. The van der Waals surface area contributed by atoms with Gasteiger partial charge in [0.2, 0.25) is 5.91 Å². The van der Waals surface area contributed by atoms with Crippen molar-refractivity contribution in [3.05, 3.63) is 59.4 Å². The number of aromatic hydroxyl groups is 1. The van der Waals surface area contributed by atoms with E-state index >= 15 is 0 Å². The van der Waals surface area contributed by atoms with Gasteiger partial charge in [0.05, 0.1) is 6.61 Å². The molecule has 0 saturated heterocycles. The van der Waals surface area contributed by atoms with Crippen molar-refractivity contribution in [2.45, 2.75) is 51.7 Å². The predicted molar refractivity (Wildman–Crippen MR) is 111 cm³/mol. The number of hydrogen-bond donors (Lipinski definition) is 2. The van der Waals surface area contributed by atoms with Crippen LogP contribution in [0.4, 0.5) is 13.2 Å². The summed E-state index contributed by atoms with van der Waals surface area (Å²) in [6.45, 7) is 2.28. The van der Waals surface area contributed by atoms with Crippen LogP contribution < -0.4 is 5.32 Å². The predicted octanol–water partition coefficient (Wildman–Crippen LogP) is 4.40. The monoisotopic (exact) mass is 452 g/mol. The molecule has 9 heteroatoms. The van der Waals surface area contributed by atoms with Crippen LogP contribution in [0.2, 0.25) is 0 Å². The summed E-state index contributed by atoms with van der Waals surface area (Å²) in [6, 6.07) is 8.99. The first-order chi connectivity index (χ1) is 15.2. The molecule has 2 rings (SSSR count). The Morgan fingerprint density at radius 3 is 2.56 bits per heavy atom. The molecule has 1 atom stereocenters. The summed E-state index contributed by atoms with van der Waals surface area (Å²) < 4.78 is 42.6. The molecule has 0 aliphatic carbocycles. The molecule has 0 aliphatic rings. The lowest BCUT2D eigenvalue weighted by molar-refractivity contribution is -0.144. The summed E-state index contributed by atoms with van der Waals surface area (Å²) in [7, 11) is 0. The molecule has 2 aromatic rings. The van der Waals surface area contributed by atoms with Gasteiger partial charge in [-0.25, -0.2) is 0 Å². The van der Waals surface area contributed by atoms with Gasteiger partial charge < -0.3 is 15.2 Å². The van der Waals surface area contributed by atoms with Gasteiger partial charge in [-0.3, -0.25) is 14.6 Å². The number of carbonyl (C=O) groups is 2. The van der Waals surface area contributed by atoms with E-state index in [1.807, 2.05) is 6.92 Å². The Kier molecular flexibility index (Phi) is 9.49. The number of aryl methyl sites for hydroxylation is 1. The Morgan fingerprint density at radius 2 is 1.91 bits per heavy atom. The third kappa shape index (κ3) is 8.56. The molecule has 174 valence electrons. The smallest absolute Gasteiger partial charge is 0.433 e. The molecule has 2 N–H and O–H groups in total. The second-order valence-electron chi connectivity index (χ2n) is 7.51. The average Bonchev–Trinajstić information content (AvgIpc) is 2.76. The second-order valence-corrected chi connectivity index (χ2v) is 7.51. The molecule has 0 saturated carbocycles. The van der Waals surface area contributed by atoms with Crippen molar-refractivity contribution in [2.24, 2.45) is 5.92 Å². The molecule has 0 bridgehead atoms. The number of carbonyl (C=O) groups excluding carboxylic acids is 2. The summed E-state index contributed by atoms with van der Waals surface area (Å²) >= 11 is 0. The van der Waals surface area contributed by atoms with Crippen LogP contribution in [-0.2, 0) is 33.5 Å². The maximum absolute atomic E-state index is 12.5. The number of esters is 1. The quantitative estimate of drug-likeness (QED) is 0.390. The van der Waals surface area contributed by atoms with Crippen LogP contribution in [-0.4, -0.2) is 28.6 Å². The number of ether oxygens (including phenoxy) is 1. The van der Waals surface area contributed by atoms with Crippen LogP contribution in [0.25, 0.3) is 0 Å². The van der Waals surface area contributed by atoms with Gasteiger partial charge in [-0.05, 0) is 43.4 Å². The Morgan fingerprint density at radius 1 is 1.16 bits per heavy atom. The first-order valence-corrected chi connectivity index (χ1v) is 10.4. The zero-order chi connectivity index (χ0) is 23.6. The molecule has 1 amide bonds. The number of nitrogens with one attached hydrogen (secondary N) is 1. The lowest BCUT2D eigenvalue weighted by atomic mass is 10.0. The number of halogens is 3. The molecule has 6 nitrogen and oxygen atoms in total. The van der Waals surface area contributed by atoms with Crippen molar-refractivity contribution in [2.75, 3.05) is 6.61 Å². The number of aromatic nitrogens is 1. The van der Waals surface area contributed by atoms with Gasteiger partial charge in [-0.2, -0.15) is 13.2 Å². The number of unbranched alkanes of at least 4 members (excludes halogenated alkanes) is 1. The highest BCUT2D eigenvalue weighted by Gasteiger charge is 2.31. The van der Waals surface area contributed by atoms with Gasteiger partial charge in [0.15, 0.2) is 0 Å². The van der Waals surface area contributed by atoms with Gasteiger partial charge in [-0.15, -0.1) is 0 Å². The zero-order valence-corrected chi connectivity index (χ0v) is 17.8. The maximum atomic E-state index is 12.5. The number of alkyl halides is 3. The first-order valence-electron chi connectivity index (χ1n) is 10.4. The normalized spacial score (nSPS) is 12.2. The van der Waals surface area contributed by atoms with E-state index in [1.54, 1.807) is 24.3 Å².